The van der Waals surface area contributed by atoms with Gasteiger partial charge in [0.2, 0.25) is 0 Å². The summed E-state index contributed by atoms with van der Waals surface area (Å²) in [4.78, 5) is 8.91. The van der Waals surface area contributed by atoms with Gasteiger partial charge in [-0.1, -0.05) is 12.1 Å². The molecule has 2 aromatic heterocycles. The van der Waals surface area contributed by atoms with E-state index in [0.717, 1.165) is 22.3 Å². The van der Waals surface area contributed by atoms with Crippen LogP contribution in [0.25, 0.3) is 27.9 Å². The van der Waals surface area contributed by atoms with Gasteiger partial charge in [-0.2, -0.15) is 0 Å². The Kier molecular flexibility index (Phi) is 2.35. The van der Waals surface area contributed by atoms with E-state index in [0.29, 0.717) is 11.5 Å². The lowest BCUT2D eigenvalue weighted by molar-refractivity contribution is 0.475. The van der Waals surface area contributed by atoms with E-state index in [1.807, 2.05) is 47.0 Å². The molecular weight excluding hydrogens is 264 g/mol. The first kappa shape index (κ1) is 11.7. The fourth-order valence-electron chi connectivity index (χ4n) is 2.46. The maximum absolute atomic E-state index is 9.38. The fourth-order valence-corrected chi connectivity index (χ4v) is 2.46. The molecule has 5 nitrogen and oxygen atoms in total. The van der Waals surface area contributed by atoms with Crippen molar-refractivity contribution in [3.8, 4) is 17.0 Å². The first-order chi connectivity index (χ1) is 10.2. The van der Waals surface area contributed by atoms with Crippen LogP contribution in [0.1, 0.15) is 0 Å². The van der Waals surface area contributed by atoms with Crippen LogP contribution in [0.3, 0.4) is 0 Å². The number of rotatable bonds is 1. The molecule has 0 atom stereocenters. The third kappa shape index (κ3) is 1.79. The molecule has 2 aromatic carbocycles. The summed E-state index contributed by atoms with van der Waals surface area (Å²) in [5, 5.41) is 9.38. The van der Waals surface area contributed by atoms with E-state index >= 15 is 0 Å². The number of phenols is 1. The van der Waals surface area contributed by atoms with E-state index in [1.165, 1.54) is 0 Å². The first-order valence-corrected chi connectivity index (χ1v) is 6.55. The minimum atomic E-state index is 0.223. The normalized spacial score (nSPS) is 11.2. The highest BCUT2D eigenvalue weighted by atomic mass is 16.3. The number of imidazole rings is 1. The molecule has 0 aliphatic rings. The largest absolute Gasteiger partial charge is 0.508 e. The monoisotopic (exact) mass is 276 g/mol. The van der Waals surface area contributed by atoms with Crippen LogP contribution in [0, 0.1) is 0 Å². The van der Waals surface area contributed by atoms with Crippen molar-refractivity contribution < 1.29 is 5.11 Å². The van der Waals surface area contributed by atoms with Crippen LogP contribution >= 0.6 is 0 Å². The van der Waals surface area contributed by atoms with Gasteiger partial charge in [0.15, 0.2) is 11.5 Å². The van der Waals surface area contributed by atoms with Crippen molar-refractivity contribution in [2.24, 2.45) is 0 Å². The lowest BCUT2D eigenvalue weighted by atomic mass is 10.1. The number of fused-ring (bicyclic) bond motifs is 3. The highest BCUT2D eigenvalue weighted by Crippen LogP contribution is 2.25. The number of benzene rings is 2. The fraction of sp³-hybridized carbons (Fsp3) is 0. The zero-order valence-electron chi connectivity index (χ0n) is 11.1. The number of hydrogen-bond acceptors (Lipinski definition) is 4. The molecule has 4 rings (SSSR count). The first-order valence-electron chi connectivity index (χ1n) is 6.55. The van der Waals surface area contributed by atoms with Crippen molar-refractivity contribution in [3.05, 3.63) is 54.7 Å². The molecule has 4 aromatic rings. The van der Waals surface area contributed by atoms with E-state index in [2.05, 4.69) is 9.97 Å². The average Bonchev–Trinajstić information content (AvgIpc) is 2.87. The molecule has 0 amide bonds. The Morgan fingerprint density at radius 3 is 2.52 bits per heavy atom. The second-order valence-corrected chi connectivity index (χ2v) is 4.85. The number of nitrogens with zero attached hydrogens (tertiary/aromatic N) is 3. The molecule has 21 heavy (non-hydrogen) atoms. The number of aromatic nitrogens is 3. The number of phenolic OH excluding ortho intramolecular Hbond substituents is 1. The van der Waals surface area contributed by atoms with Gasteiger partial charge in [0.05, 0.1) is 16.7 Å². The summed E-state index contributed by atoms with van der Waals surface area (Å²) in [6.45, 7) is 0. The van der Waals surface area contributed by atoms with Gasteiger partial charge < -0.3 is 10.8 Å². The average molecular weight is 276 g/mol. The van der Waals surface area contributed by atoms with E-state index in [-0.39, 0.29) is 5.75 Å². The van der Waals surface area contributed by atoms with E-state index in [9.17, 15) is 5.11 Å². The Morgan fingerprint density at radius 1 is 0.952 bits per heavy atom. The van der Waals surface area contributed by atoms with Crippen LogP contribution in [0.4, 0.5) is 5.82 Å². The Balaban J connectivity index is 2.03. The van der Waals surface area contributed by atoms with Crippen LogP contribution in [-0.2, 0) is 0 Å². The minimum absolute atomic E-state index is 0.223. The standard InChI is InChI=1S/C16H12N4O/c17-15-16-19-12-3-1-2-4-14(12)20(16)9-13(18-15)10-5-7-11(21)8-6-10/h1-9,21H,(H2,17,18). The molecule has 2 heterocycles. The maximum Gasteiger partial charge on any atom is 0.180 e. The molecule has 0 fully saturated rings. The number of para-hydroxylation sites is 2. The van der Waals surface area contributed by atoms with Crippen molar-refractivity contribution >= 4 is 22.5 Å². The van der Waals surface area contributed by atoms with Gasteiger partial charge in [-0.05, 0) is 36.4 Å². The van der Waals surface area contributed by atoms with Gasteiger partial charge in [0.1, 0.15) is 5.75 Å². The molecule has 0 saturated carbocycles. The highest BCUT2D eigenvalue weighted by molar-refractivity contribution is 5.84. The molecule has 0 aliphatic heterocycles. The summed E-state index contributed by atoms with van der Waals surface area (Å²) in [5.41, 5.74) is 10.2. The summed E-state index contributed by atoms with van der Waals surface area (Å²) in [6.07, 6.45) is 1.91. The SMILES string of the molecule is Nc1nc(-c2ccc(O)cc2)cn2c1nc1ccccc12. The quantitative estimate of drug-likeness (QED) is 0.560. The Hall–Kier alpha value is -3.08. The Labute approximate surface area is 120 Å². The predicted octanol–water partition coefficient (Wildman–Crippen LogP) is 2.84. The highest BCUT2D eigenvalue weighted by Gasteiger charge is 2.10. The Bertz CT molecular complexity index is 957. The van der Waals surface area contributed by atoms with Crippen LogP contribution in [0.2, 0.25) is 0 Å². The molecule has 0 saturated heterocycles. The summed E-state index contributed by atoms with van der Waals surface area (Å²) in [5.74, 6) is 0.609. The van der Waals surface area contributed by atoms with E-state index in [4.69, 9.17) is 5.73 Å². The van der Waals surface area contributed by atoms with Gasteiger partial charge in [-0.25, -0.2) is 9.97 Å². The molecule has 0 bridgehead atoms. The van der Waals surface area contributed by atoms with Gasteiger partial charge in [0.25, 0.3) is 0 Å². The summed E-state index contributed by atoms with van der Waals surface area (Å²) in [7, 11) is 0. The van der Waals surface area contributed by atoms with Crippen molar-refractivity contribution in [1.29, 1.82) is 0 Å². The molecule has 102 valence electrons. The summed E-state index contributed by atoms with van der Waals surface area (Å²) in [6, 6.07) is 14.7. The number of anilines is 1. The smallest absolute Gasteiger partial charge is 0.180 e. The topological polar surface area (TPSA) is 76.4 Å². The third-order valence-electron chi connectivity index (χ3n) is 3.48. The minimum Gasteiger partial charge on any atom is -0.508 e. The van der Waals surface area contributed by atoms with Crippen molar-refractivity contribution in [2.75, 3.05) is 5.73 Å². The van der Waals surface area contributed by atoms with Crippen LogP contribution in [0.5, 0.6) is 5.75 Å². The van der Waals surface area contributed by atoms with Gasteiger partial charge >= 0.3 is 0 Å². The molecule has 0 spiro atoms. The number of nitrogen functional groups attached to an aromatic ring is 1. The molecular formula is C16H12N4O. The van der Waals surface area contributed by atoms with E-state index in [1.54, 1.807) is 12.1 Å². The predicted molar refractivity (Wildman–Crippen MR) is 82.0 cm³/mol. The number of nitrogens with two attached hydrogens (primary N) is 1. The Morgan fingerprint density at radius 2 is 1.71 bits per heavy atom. The van der Waals surface area contributed by atoms with Crippen LogP contribution < -0.4 is 5.73 Å². The second kappa shape index (κ2) is 4.21. The van der Waals surface area contributed by atoms with E-state index < -0.39 is 0 Å². The third-order valence-corrected chi connectivity index (χ3v) is 3.48. The van der Waals surface area contributed by atoms with Crippen LogP contribution in [0.15, 0.2) is 54.7 Å². The van der Waals surface area contributed by atoms with Crippen molar-refractivity contribution in [3.63, 3.8) is 0 Å². The molecule has 0 unspecified atom stereocenters. The number of hydrogen-bond donors (Lipinski definition) is 2. The molecule has 0 aliphatic carbocycles. The summed E-state index contributed by atoms with van der Waals surface area (Å²) < 4.78 is 1.94. The molecule has 0 radical (unpaired) electrons. The molecule has 3 N–H and O–H groups in total. The van der Waals surface area contributed by atoms with Crippen molar-refractivity contribution in [2.45, 2.75) is 0 Å². The van der Waals surface area contributed by atoms with Crippen molar-refractivity contribution in [1.82, 2.24) is 14.4 Å². The van der Waals surface area contributed by atoms with Gasteiger partial charge in [-0.15, -0.1) is 0 Å². The second-order valence-electron chi connectivity index (χ2n) is 4.85. The van der Waals surface area contributed by atoms with Gasteiger partial charge in [0, 0.05) is 11.8 Å². The number of aromatic hydroxyl groups is 1. The lowest BCUT2D eigenvalue weighted by Gasteiger charge is -2.05. The summed E-state index contributed by atoms with van der Waals surface area (Å²) >= 11 is 0. The molecule has 5 heteroatoms. The zero-order valence-corrected chi connectivity index (χ0v) is 11.1. The zero-order chi connectivity index (χ0) is 14.4. The van der Waals surface area contributed by atoms with Crippen LogP contribution in [-0.4, -0.2) is 19.5 Å². The lowest BCUT2D eigenvalue weighted by Crippen LogP contribution is -1.99. The maximum atomic E-state index is 9.38. The van der Waals surface area contributed by atoms with Gasteiger partial charge in [-0.3, -0.25) is 4.40 Å².